The Bertz CT molecular complexity index is 546. The highest BCUT2D eigenvalue weighted by molar-refractivity contribution is 5.73. The molecule has 7 N–H and O–H groups in total. The van der Waals surface area contributed by atoms with Gasteiger partial charge < -0.3 is 50.2 Å². The molecule has 2 aliphatic rings. The lowest BCUT2D eigenvalue weighted by molar-refractivity contribution is -0.325. The maximum atomic E-state index is 11.5. The molecule has 0 aromatic heterocycles. The fourth-order valence-electron chi connectivity index (χ4n) is 3.20. The highest BCUT2D eigenvalue weighted by Crippen LogP contribution is 2.29. The number of aliphatic hydroxyl groups is 5. The summed E-state index contributed by atoms with van der Waals surface area (Å²) in [4.78, 5) is 22.7. The fraction of sp³-hybridized carbons (Fsp3) is 0.867. The second-order valence-electron chi connectivity index (χ2n) is 6.61. The minimum atomic E-state index is -1.90. The Morgan fingerprint density at radius 1 is 1.04 bits per heavy atom. The van der Waals surface area contributed by atoms with Gasteiger partial charge in [0.15, 0.2) is 12.4 Å². The Morgan fingerprint density at radius 2 is 1.67 bits per heavy atom. The number of hydrogen-bond donors (Lipinski definition) is 7. The summed E-state index contributed by atoms with van der Waals surface area (Å²) in [5.41, 5.74) is 0. The molecule has 0 aromatic carbocycles. The molecule has 12 nitrogen and oxygen atoms in total. The highest BCUT2D eigenvalue weighted by atomic mass is 16.7. The van der Waals surface area contributed by atoms with Gasteiger partial charge in [-0.1, -0.05) is 0 Å². The standard InChI is InChI=1S/C15H25NO11/c1-4-7(16-5(2)18)12(8(19)6(3-17)25-4)26-15-11(22)9(20)10(21)13(27-15)14(23)24/h4,6-13,15,17,19-22H,3H2,1-2H3,(H,16,18)(H,23,24)/t4-,6?,7+,8+,9?,10-,11-,12?,13?,15+/m0/s1. The summed E-state index contributed by atoms with van der Waals surface area (Å²) in [6.45, 7) is 2.22. The summed E-state index contributed by atoms with van der Waals surface area (Å²) < 4.78 is 16.0. The topological polar surface area (TPSA) is 195 Å². The van der Waals surface area contributed by atoms with Crippen molar-refractivity contribution >= 4 is 11.9 Å². The number of aliphatic carboxylic acids is 1. The van der Waals surface area contributed by atoms with Crippen LogP contribution >= 0.6 is 0 Å². The summed E-state index contributed by atoms with van der Waals surface area (Å²) in [5.74, 6) is -2.06. The molecule has 4 unspecified atom stereocenters. The van der Waals surface area contributed by atoms with Gasteiger partial charge in [-0.15, -0.1) is 0 Å². The van der Waals surface area contributed by atoms with E-state index in [1.807, 2.05) is 0 Å². The molecule has 0 aliphatic carbocycles. The van der Waals surface area contributed by atoms with Crippen LogP contribution in [-0.4, -0.2) is 110 Å². The number of carbonyl (C=O) groups is 2. The summed E-state index contributed by atoms with van der Waals surface area (Å²) in [5, 5.41) is 61.0. The van der Waals surface area contributed by atoms with Crippen molar-refractivity contribution in [2.24, 2.45) is 0 Å². The molecule has 156 valence electrons. The molecule has 12 heteroatoms. The van der Waals surface area contributed by atoms with Crippen molar-refractivity contribution in [3.8, 4) is 0 Å². The van der Waals surface area contributed by atoms with Crippen molar-refractivity contribution in [3.63, 3.8) is 0 Å². The first-order chi connectivity index (χ1) is 12.6. The zero-order valence-electron chi connectivity index (χ0n) is 14.7. The molecule has 2 heterocycles. The number of rotatable bonds is 5. The largest absolute Gasteiger partial charge is 0.479 e. The van der Waals surface area contributed by atoms with Crippen LogP contribution in [0.15, 0.2) is 0 Å². The lowest BCUT2D eigenvalue weighted by atomic mass is 9.92. The molecule has 0 aromatic rings. The van der Waals surface area contributed by atoms with Crippen LogP contribution in [0.3, 0.4) is 0 Å². The van der Waals surface area contributed by atoms with Crippen LogP contribution < -0.4 is 5.32 Å². The smallest absolute Gasteiger partial charge is 0.335 e. The van der Waals surface area contributed by atoms with Gasteiger partial charge in [0.25, 0.3) is 0 Å². The normalized spacial score (nSPS) is 45.3. The van der Waals surface area contributed by atoms with E-state index in [0.29, 0.717) is 0 Å². The molecule has 2 rings (SSSR count). The minimum absolute atomic E-state index is 0.470. The van der Waals surface area contributed by atoms with E-state index in [0.717, 1.165) is 0 Å². The van der Waals surface area contributed by atoms with Crippen molar-refractivity contribution in [1.82, 2.24) is 5.32 Å². The summed E-state index contributed by atoms with van der Waals surface area (Å²) in [6, 6.07) is -0.927. The third-order valence-corrected chi connectivity index (χ3v) is 4.62. The molecule has 0 radical (unpaired) electrons. The molecular formula is C15H25NO11. The van der Waals surface area contributed by atoms with Crippen LogP contribution in [0, 0.1) is 0 Å². The molecule has 10 atom stereocenters. The second kappa shape index (κ2) is 8.75. The maximum Gasteiger partial charge on any atom is 0.335 e. The molecule has 2 fully saturated rings. The zero-order valence-corrected chi connectivity index (χ0v) is 14.7. The minimum Gasteiger partial charge on any atom is -0.479 e. The van der Waals surface area contributed by atoms with Crippen LogP contribution in [-0.2, 0) is 23.8 Å². The molecular weight excluding hydrogens is 370 g/mol. The van der Waals surface area contributed by atoms with Crippen molar-refractivity contribution in [3.05, 3.63) is 0 Å². The maximum absolute atomic E-state index is 11.5. The number of nitrogens with one attached hydrogen (secondary N) is 1. The van der Waals surface area contributed by atoms with Crippen LogP contribution in [0.5, 0.6) is 0 Å². The SMILES string of the molecule is CC(=O)N[C@H]1C(O[C@@H]2OC(C(=O)O)[C@@H](O)C(O)[C@@H]2O)[C@H](O)C(CO)O[C@H]1C. The lowest BCUT2D eigenvalue weighted by Gasteiger charge is -2.46. The van der Waals surface area contributed by atoms with Gasteiger partial charge >= 0.3 is 5.97 Å². The molecule has 0 spiro atoms. The van der Waals surface area contributed by atoms with Crippen molar-refractivity contribution in [2.45, 2.75) is 75.0 Å². The van der Waals surface area contributed by atoms with Gasteiger partial charge in [0.1, 0.15) is 36.6 Å². The van der Waals surface area contributed by atoms with Gasteiger partial charge in [-0.2, -0.15) is 0 Å². The molecule has 2 aliphatic heterocycles. The molecule has 0 saturated carbocycles. The summed E-state index contributed by atoms with van der Waals surface area (Å²) in [6.07, 6.45) is -13.7. The third kappa shape index (κ3) is 4.55. The van der Waals surface area contributed by atoms with Gasteiger partial charge in [0, 0.05) is 6.92 Å². The van der Waals surface area contributed by atoms with E-state index in [4.69, 9.17) is 19.3 Å². The predicted octanol–water partition coefficient (Wildman–Crippen LogP) is -4.09. The number of amides is 1. The molecule has 1 amide bonds. The number of ether oxygens (including phenoxy) is 3. The van der Waals surface area contributed by atoms with Crippen LogP contribution in [0.25, 0.3) is 0 Å². The van der Waals surface area contributed by atoms with Gasteiger partial charge in [0.2, 0.25) is 5.91 Å². The fourth-order valence-corrected chi connectivity index (χ4v) is 3.20. The number of carboxylic acids is 1. The van der Waals surface area contributed by atoms with Gasteiger partial charge in [-0.05, 0) is 6.92 Å². The predicted molar refractivity (Wildman–Crippen MR) is 84.2 cm³/mol. The van der Waals surface area contributed by atoms with Crippen molar-refractivity contribution in [1.29, 1.82) is 0 Å². The first-order valence-electron chi connectivity index (χ1n) is 8.37. The quantitative estimate of drug-likeness (QED) is 0.239. The zero-order chi connectivity index (χ0) is 20.5. The lowest BCUT2D eigenvalue weighted by Crippen LogP contribution is -2.67. The van der Waals surface area contributed by atoms with Crippen LogP contribution in [0.4, 0.5) is 0 Å². The van der Waals surface area contributed by atoms with E-state index >= 15 is 0 Å². The Hall–Kier alpha value is -1.38. The Balaban J connectivity index is 2.25. The van der Waals surface area contributed by atoms with E-state index < -0.39 is 79.6 Å². The van der Waals surface area contributed by atoms with E-state index in [1.165, 1.54) is 6.92 Å². The Labute approximate surface area is 154 Å². The monoisotopic (exact) mass is 395 g/mol. The van der Waals surface area contributed by atoms with E-state index in [9.17, 15) is 35.1 Å². The van der Waals surface area contributed by atoms with E-state index in [1.54, 1.807) is 6.92 Å². The average molecular weight is 395 g/mol. The first-order valence-corrected chi connectivity index (χ1v) is 8.37. The number of carbonyl (C=O) groups excluding carboxylic acids is 1. The second-order valence-corrected chi connectivity index (χ2v) is 6.61. The highest BCUT2D eigenvalue weighted by Gasteiger charge is 2.51. The van der Waals surface area contributed by atoms with Crippen molar-refractivity contribution in [2.75, 3.05) is 6.61 Å². The summed E-state index contributed by atoms with van der Waals surface area (Å²) >= 11 is 0. The molecule has 2 saturated heterocycles. The molecule has 0 bridgehead atoms. The van der Waals surface area contributed by atoms with Crippen LogP contribution in [0.1, 0.15) is 13.8 Å². The Kier molecular flexibility index (Phi) is 7.10. The Morgan fingerprint density at radius 3 is 2.19 bits per heavy atom. The molecule has 27 heavy (non-hydrogen) atoms. The average Bonchev–Trinajstić information content (AvgIpc) is 2.60. The number of aliphatic hydroxyl groups excluding tert-OH is 5. The van der Waals surface area contributed by atoms with E-state index in [-0.39, 0.29) is 0 Å². The van der Waals surface area contributed by atoms with Gasteiger partial charge in [-0.25, -0.2) is 4.79 Å². The van der Waals surface area contributed by atoms with Gasteiger partial charge in [0.05, 0.1) is 18.8 Å². The van der Waals surface area contributed by atoms with E-state index in [2.05, 4.69) is 5.32 Å². The van der Waals surface area contributed by atoms with Gasteiger partial charge in [-0.3, -0.25) is 4.79 Å². The number of hydrogen-bond acceptors (Lipinski definition) is 10. The van der Waals surface area contributed by atoms with Crippen molar-refractivity contribution < 1.29 is 54.4 Å². The van der Waals surface area contributed by atoms with Crippen LogP contribution in [0.2, 0.25) is 0 Å². The first kappa shape index (κ1) is 21.9. The third-order valence-electron chi connectivity index (χ3n) is 4.62. The number of carboxylic acid groups (broad SMARTS) is 1. The summed E-state index contributed by atoms with van der Waals surface area (Å²) in [7, 11) is 0.